The predicted molar refractivity (Wildman–Crippen MR) is 207 cm³/mol. The van der Waals surface area contributed by atoms with Gasteiger partial charge in [0.1, 0.15) is 5.52 Å². The lowest BCUT2D eigenvalue weighted by atomic mass is 10.0. The molecule has 230 valence electrons. The average Bonchev–Trinajstić information content (AvgIpc) is 3.77. The first-order valence-corrected chi connectivity index (χ1v) is 17.3. The highest BCUT2D eigenvalue weighted by atomic mass is 32.1. The van der Waals surface area contributed by atoms with Crippen molar-refractivity contribution in [2.75, 3.05) is 4.90 Å². The molecule has 0 fully saturated rings. The van der Waals surface area contributed by atoms with E-state index in [1.54, 1.807) is 11.3 Å². The summed E-state index contributed by atoms with van der Waals surface area (Å²) in [6.07, 6.45) is 0. The summed E-state index contributed by atoms with van der Waals surface area (Å²) in [5.74, 6) is 0.654. The molecule has 49 heavy (non-hydrogen) atoms. The average molecular weight is 645 g/mol. The van der Waals surface area contributed by atoms with E-state index < -0.39 is 0 Å². The van der Waals surface area contributed by atoms with E-state index in [0.29, 0.717) is 5.89 Å². The molecule has 0 aliphatic carbocycles. The van der Waals surface area contributed by atoms with Crippen LogP contribution in [0.5, 0.6) is 0 Å². The van der Waals surface area contributed by atoms with Gasteiger partial charge in [0.2, 0.25) is 5.89 Å². The van der Waals surface area contributed by atoms with Crippen LogP contribution in [0, 0.1) is 0 Å². The minimum atomic E-state index is 0.654. The number of aromatic nitrogens is 1. The monoisotopic (exact) mass is 644 g/mol. The van der Waals surface area contributed by atoms with Gasteiger partial charge in [0.05, 0.1) is 4.70 Å². The molecular weight excluding hydrogens is 617 g/mol. The van der Waals surface area contributed by atoms with Crippen LogP contribution in [-0.2, 0) is 0 Å². The van der Waals surface area contributed by atoms with E-state index in [1.807, 2.05) is 30.3 Å². The summed E-state index contributed by atoms with van der Waals surface area (Å²) in [6, 6.07) is 60.5. The van der Waals surface area contributed by atoms with E-state index in [0.717, 1.165) is 38.4 Å². The van der Waals surface area contributed by atoms with Crippen molar-refractivity contribution < 1.29 is 4.42 Å². The van der Waals surface area contributed by atoms with Gasteiger partial charge in [-0.05, 0) is 105 Å². The Hall–Kier alpha value is -6.23. The molecule has 8 aromatic carbocycles. The Morgan fingerprint density at radius 2 is 1.06 bits per heavy atom. The summed E-state index contributed by atoms with van der Waals surface area (Å²) in [4.78, 5) is 7.33. The van der Waals surface area contributed by atoms with Crippen molar-refractivity contribution in [3.63, 3.8) is 0 Å². The first-order chi connectivity index (χ1) is 24.2. The van der Waals surface area contributed by atoms with Crippen LogP contribution in [0.2, 0.25) is 0 Å². The lowest BCUT2D eigenvalue weighted by Crippen LogP contribution is -2.09. The van der Waals surface area contributed by atoms with Crippen molar-refractivity contribution in [3.8, 4) is 22.6 Å². The Morgan fingerprint density at radius 1 is 0.449 bits per heavy atom. The van der Waals surface area contributed by atoms with Crippen molar-refractivity contribution in [1.82, 2.24) is 4.98 Å². The molecule has 0 spiro atoms. The lowest BCUT2D eigenvalue weighted by molar-refractivity contribution is 0.620. The van der Waals surface area contributed by atoms with Crippen LogP contribution in [0.15, 0.2) is 174 Å². The van der Waals surface area contributed by atoms with Gasteiger partial charge in [0, 0.05) is 38.1 Å². The van der Waals surface area contributed by atoms with E-state index >= 15 is 0 Å². The minimum Gasteiger partial charge on any atom is -0.436 e. The van der Waals surface area contributed by atoms with Gasteiger partial charge in [0.15, 0.2) is 5.58 Å². The van der Waals surface area contributed by atoms with E-state index in [9.17, 15) is 0 Å². The number of fused-ring (bicyclic) bond motifs is 7. The molecule has 0 amide bonds. The Labute approximate surface area is 286 Å². The maximum absolute atomic E-state index is 6.21. The fourth-order valence-corrected chi connectivity index (χ4v) is 8.21. The molecule has 0 saturated carbocycles. The summed E-state index contributed by atoms with van der Waals surface area (Å²) in [7, 11) is 0. The van der Waals surface area contributed by atoms with Crippen LogP contribution >= 0.6 is 11.3 Å². The molecular formula is C45H28N2OS. The highest BCUT2D eigenvalue weighted by molar-refractivity contribution is 7.26. The first-order valence-electron chi connectivity index (χ1n) is 16.4. The Morgan fingerprint density at radius 3 is 1.84 bits per heavy atom. The molecule has 2 heterocycles. The zero-order valence-electron chi connectivity index (χ0n) is 26.4. The number of rotatable bonds is 5. The van der Waals surface area contributed by atoms with Gasteiger partial charge in [-0.3, -0.25) is 0 Å². The van der Waals surface area contributed by atoms with Gasteiger partial charge in [-0.2, -0.15) is 0 Å². The van der Waals surface area contributed by atoms with Crippen molar-refractivity contribution in [1.29, 1.82) is 0 Å². The molecule has 2 aromatic heterocycles. The zero-order valence-corrected chi connectivity index (χ0v) is 27.2. The van der Waals surface area contributed by atoms with Crippen LogP contribution in [0.1, 0.15) is 0 Å². The smallest absolute Gasteiger partial charge is 0.227 e. The van der Waals surface area contributed by atoms with Gasteiger partial charge < -0.3 is 9.32 Å². The molecule has 3 nitrogen and oxygen atoms in total. The molecule has 0 aliphatic rings. The number of nitrogens with zero attached hydrogens (tertiary/aromatic N) is 2. The van der Waals surface area contributed by atoms with E-state index in [4.69, 9.17) is 9.40 Å². The van der Waals surface area contributed by atoms with Crippen molar-refractivity contribution in [3.05, 3.63) is 170 Å². The highest BCUT2D eigenvalue weighted by Gasteiger charge is 2.17. The van der Waals surface area contributed by atoms with Crippen molar-refractivity contribution in [2.24, 2.45) is 0 Å². The standard InChI is InChI=1S/C45H28N2OS/c1-3-9-29(10-4-1)31-15-19-36(20-16-31)47(37-21-17-30-11-7-8-14-33(30)25-37)38-22-18-34-27-40-39-23-24-41-43(44(39)49-42(40)28-35(34)26-38)46-45(48-41)32-12-5-2-6-13-32/h1-28H. The van der Waals surface area contributed by atoms with Gasteiger partial charge in [-0.15, -0.1) is 11.3 Å². The second-order valence-electron chi connectivity index (χ2n) is 12.4. The van der Waals surface area contributed by atoms with Gasteiger partial charge >= 0.3 is 0 Å². The van der Waals surface area contributed by atoms with Crippen molar-refractivity contribution in [2.45, 2.75) is 0 Å². The fourth-order valence-electron chi connectivity index (χ4n) is 6.99. The third-order valence-corrected chi connectivity index (χ3v) is 10.6. The molecule has 4 heteroatoms. The molecule has 10 aromatic rings. The van der Waals surface area contributed by atoms with E-state index in [2.05, 4.69) is 144 Å². The number of hydrogen-bond acceptors (Lipinski definition) is 4. The number of oxazole rings is 1. The van der Waals surface area contributed by atoms with Crippen LogP contribution < -0.4 is 4.90 Å². The van der Waals surface area contributed by atoms with Crippen LogP contribution in [-0.4, -0.2) is 4.98 Å². The summed E-state index contributed by atoms with van der Waals surface area (Å²) in [5, 5.41) is 7.31. The third-order valence-electron chi connectivity index (χ3n) is 9.44. The summed E-state index contributed by atoms with van der Waals surface area (Å²) in [5.41, 5.74) is 8.47. The van der Waals surface area contributed by atoms with Crippen LogP contribution in [0.3, 0.4) is 0 Å². The van der Waals surface area contributed by atoms with Gasteiger partial charge in [-0.25, -0.2) is 4.98 Å². The Bertz CT molecular complexity index is 2820. The van der Waals surface area contributed by atoms with Crippen LogP contribution in [0.4, 0.5) is 17.1 Å². The van der Waals surface area contributed by atoms with Crippen molar-refractivity contribution >= 4 is 81.2 Å². The minimum absolute atomic E-state index is 0.654. The summed E-state index contributed by atoms with van der Waals surface area (Å²) in [6.45, 7) is 0. The summed E-state index contributed by atoms with van der Waals surface area (Å²) >= 11 is 1.79. The topological polar surface area (TPSA) is 29.3 Å². The van der Waals surface area contributed by atoms with E-state index in [1.165, 1.54) is 48.1 Å². The zero-order chi connectivity index (χ0) is 32.3. The second-order valence-corrected chi connectivity index (χ2v) is 13.5. The molecule has 0 atom stereocenters. The van der Waals surface area contributed by atoms with Crippen LogP contribution in [0.25, 0.3) is 75.4 Å². The van der Waals surface area contributed by atoms with Gasteiger partial charge in [0.25, 0.3) is 0 Å². The summed E-state index contributed by atoms with van der Waals surface area (Å²) < 4.78 is 8.61. The molecule has 10 rings (SSSR count). The Kier molecular flexibility index (Phi) is 6.36. The normalized spacial score (nSPS) is 11.7. The number of hydrogen-bond donors (Lipinski definition) is 0. The fraction of sp³-hybridized carbons (Fsp3) is 0. The number of thiophene rings is 1. The first kappa shape index (κ1) is 27.8. The molecule has 0 radical (unpaired) electrons. The quantitative estimate of drug-likeness (QED) is 0.187. The lowest BCUT2D eigenvalue weighted by Gasteiger charge is -2.26. The molecule has 0 N–H and O–H groups in total. The number of benzene rings is 8. The highest BCUT2D eigenvalue weighted by Crippen LogP contribution is 2.43. The molecule has 0 saturated heterocycles. The number of anilines is 3. The predicted octanol–water partition coefficient (Wildman–Crippen LogP) is 13.3. The second kappa shape index (κ2) is 11.2. The third kappa shape index (κ3) is 4.76. The maximum atomic E-state index is 6.21. The van der Waals surface area contributed by atoms with Gasteiger partial charge in [-0.1, -0.05) is 97.1 Å². The molecule has 0 bridgehead atoms. The molecule has 0 aliphatic heterocycles. The Balaban J connectivity index is 1.11. The SMILES string of the molecule is c1ccc(-c2ccc(N(c3ccc4ccccc4c3)c3ccc4cc5c(cc4c3)sc3c5ccc4oc(-c5ccccc5)nc43)cc2)cc1. The molecule has 0 unspecified atom stereocenters. The van der Waals surface area contributed by atoms with E-state index in [-0.39, 0.29) is 0 Å². The maximum Gasteiger partial charge on any atom is 0.227 e. The largest absolute Gasteiger partial charge is 0.436 e.